The largest absolute Gasteiger partial charge is 0.494 e. The predicted octanol–water partition coefficient (Wildman–Crippen LogP) is 4.86. The van der Waals surface area contributed by atoms with Crippen LogP contribution < -0.4 is 9.47 Å². The summed E-state index contributed by atoms with van der Waals surface area (Å²) < 4.78 is 13.8. The van der Waals surface area contributed by atoms with Crippen LogP contribution in [0.25, 0.3) is 5.69 Å². The Morgan fingerprint density at radius 3 is 2.66 bits per heavy atom. The van der Waals surface area contributed by atoms with Crippen LogP contribution >= 0.6 is 27.7 Å². The van der Waals surface area contributed by atoms with Gasteiger partial charge < -0.3 is 9.47 Å². The maximum Gasteiger partial charge on any atom is 0.220 e. The average molecular weight is 517 g/mol. The van der Waals surface area contributed by atoms with Crippen LogP contribution in [-0.2, 0) is 0 Å². The van der Waals surface area contributed by atoms with Gasteiger partial charge in [-0.05, 0) is 56.3 Å². The van der Waals surface area contributed by atoms with Gasteiger partial charge >= 0.3 is 0 Å². The minimum absolute atomic E-state index is 0.0615. The molecule has 2 aromatic carbocycles. The van der Waals surface area contributed by atoms with E-state index in [2.05, 4.69) is 32.0 Å². The van der Waals surface area contributed by atoms with Gasteiger partial charge in [-0.1, -0.05) is 33.6 Å². The van der Waals surface area contributed by atoms with E-state index in [9.17, 15) is 10.1 Å². The highest BCUT2D eigenvalue weighted by atomic mass is 79.9. The third-order valence-corrected chi connectivity index (χ3v) is 6.05. The zero-order valence-corrected chi connectivity index (χ0v) is 19.9. The van der Waals surface area contributed by atoms with Crippen molar-refractivity contribution in [3.05, 3.63) is 68.4 Å². The van der Waals surface area contributed by atoms with Gasteiger partial charge in [0, 0.05) is 20.6 Å². The number of nitrogens with zero attached hydrogens (tertiary/aromatic N) is 4. The lowest BCUT2D eigenvalue weighted by Crippen LogP contribution is -2.13. The molecule has 1 heterocycles. The highest BCUT2D eigenvalue weighted by molar-refractivity contribution is 9.10. The third kappa shape index (κ3) is 5.81. The van der Waals surface area contributed by atoms with Gasteiger partial charge in [0.1, 0.15) is 29.2 Å². The summed E-state index contributed by atoms with van der Waals surface area (Å²) in [5, 5.41) is 19.9. The molecule has 0 bridgehead atoms. The molecular formula is C22H21BrN4O4S. The highest BCUT2D eigenvalue weighted by Gasteiger charge is 2.27. The number of ether oxygens (including phenoxy) is 2. The summed E-state index contributed by atoms with van der Waals surface area (Å²) in [6, 6.07) is 12.9. The molecule has 166 valence electrons. The Morgan fingerprint density at radius 2 is 2.00 bits per heavy atom. The van der Waals surface area contributed by atoms with Crippen LogP contribution in [0.3, 0.4) is 0 Å². The Kier molecular flexibility index (Phi) is 8.14. The number of nitro groups is 1. The van der Waals surface area contributed by atoms with Crippen LogP contribution in [-0.4, -0.2) is 39.4 Å². The first kappa shape index (κ1) is 23.6. The number of aryl methyl sites for hydroxylation is 1. The summed E-state index contributed by atoms with van der Waals surface area (Å²) in [5.41, 5.74) is 1.48. The molecule has 0 saturated carbocycles. The summed E-state index contributed by atoms with van der Waals surface area (Å²) in [6.07, 6.45) is 5.33. The number of hydrogen-bond donors (Lipinski definition) is 0. The Balaban J connectivity index is 1.99. The van der Waals surface area contributed by atoms with Gasteiger partial charge in [0.25, 0.3) is 0 Å². The normalized spacial score (nSPS) is 11.6. The fraction of sp³-hybridized carbons (Fsp3) is 0.273. The van der Waals surface area contributed by atoms with Crippen molar-refractivity contribution in [3.8, 4) is 29.5 Å². The van der Waals surface area contributed by atoms with Crippen LogP contribution in [0.1, 0.15) is 23.6 Å². The van der Waals surface area contributed by atoms with E-state index in [0.29, 0.717) is 28.9 Å². The number of halogens is 1. The molecule has 1 aromatic heterocycles. The lowest BCUT2D eigenvalue weighted by molar-refractivity contribution is -0.479. The van der Waals surface area contributed by atoms with Gasteiger partial charge in [0.05, 0.1) is 6.61 Å². The molecule has 0 amide bonds. The highest BCUT2D eigenvalue weighted by Crippen LogP contribution is 2.41. The molecule has 0 saturated heterocycles. The van der Waals surface area contributed by atoms with Crippen LogP contribution in [0, 0.1) is 29.4 Å². The molecule has 0 aliphatic rings. The smallest absolute Gasteiger partial charge is 0.220 e. The van der Waals surface area contributed by atoms with E-state index in [1.165, 1.54) is 11.8 Å². The van der Waals surface area contributed by atoms with Crippen LogP contribution in [0.4, 0.5) is 0 Å². The Labute approximate surface area is 198 Å². The number of aromatic nitrogens is 3. The topological polar surface area (TPSA) is 92.3 Å². The molecule has 1 atom stereocenters. The first-order chi connectivity index (χ1) is 15.4. The minimum atomic E-state index is -0.583. The quantitative estimate of drug-likeness (QED) is 0.164. The van der Waals surface area contributed by atoms with E-state index in [0.717, 1.165) is 15.9 Å². The molecular weight excluding hydrogens is 496 g/mol. The van der Waals surface area contributed by atoms with E-state index < -0.39 is 5.25 Å². The van der Waals surface area contributed by atoms with Crippen LogP contribution in [0.2, 0.25) is 0 Å². The maximum atomic E-state index is 11.5. The zero-order chi connectivity index (χ0) is 23.1. The van der Waals surface area contributed by atoms with E-state index in [1.807, 2.05) is 42.7 Å². The van der Waals surface area contributed by atoms with Crippen molar-refractivity contribution in [1.29, 1.82) is 0 Å². The van der Waals surface area contributed by atoms with Crippen LogP contribution in [0.5, 0.6) is 11.5 Å². The first-order valence-corrected chi connectivity index (χ1v) is 11.4. The number of hydrogen-bond acceptors (Lipinski definition) is 7. The van der Waals surface area contributed by atoms with E-state index >= 15 is 0 Å². The van der Waals surface area contributed by atoms with E-state index in [4.69, 9.17) is 15.9 Å². The lowest BCUT2D eigenvalue weighted by atomic mass is 10.1. The van der Waals surface area contributed by atoms with Crippen molar-refractivity contribution in [1.82, 2.24) is 14.8 Å². The van der Waals surface area contributed by atoms with Crippen molar-refractivity contribution in [3.63, 3.8) is 0 Å². The van der Waals surface area contributed by atoms with Crippen molar-refractivity contribution in [2.75, 3.05) is 19.8 Å². The Hall–Kier alpha value is -3.03. The second-order valence-corrected chi connectivity index (χ2v) is 8.67. The van der Waals surface area contributed by atoms with Gasteiger partial charge in [-0.2, -0.15) is 0 Å². The molecule has 0 radical (unpaired) electrons. The predicted molar refractivity (Wildman–Crippen MR) is 126 cm³/mol. The SMILES string of the molecule is C#CCOc1ccc(Br)cc1[C@H](C[N+](=O)[O-])Sc1nnc(C)n1-c1ccc(OCC)cc1. The molecule has 32 heavy (non-hydrogen) atoms. The van der Waals surface area contributed by atoms with Crippen LogP contribution in [0.15, 0.2) is 52.1 Å². The van der Waals surface area contributed by atoms with Crippen molar-refractivity contribution in [2.45, 2.75) is 24.3 Å². The summed E-state index contributed by atoms with van der Waals surface area (Å²) in [4.78, 5) is 11.1. The molecule has 0 aliphatic carbocycles. The fourth-order valence-corrected chi connectivity index (χ4v) is 4.63. The van der Waals surface area contributed by atoms with E-state index in [-0.39, 0.29) is 18.1 Å². The number of rotatable bonds is 10. The molecule has 10 heteroatoms. The number of thioether (sulfide) groups is 1. The first-order valence-electron chi connectivity index (χ1n) is 9.72. The summed E-state index contributed by atoms with van der Waals surface area (Å²) >= 11 is 4.69. The zero-order valence-electron chi connectivity index (χ0n) is 17.5. The third-order valence-electron chi connectivity index (χ3n) is 4.39. The fourth-order valence-electron chi connectivity index (χ4n) is 3.06. The van der Waals surface area contributed by atoms with E-state index in [1.54, 1.807) is 18.2 Å². The maximum absolute atomic E-state index is 11.5. The minimum Gasteiger partial charge on any atom is -0.494 e. The summed E-state index contributed by atoms with van der Waals surface area (Å²) in [5.74, 6) is 4.34. The Bertz CT molecular complexity index is 1130. The van der Waals surface area contributed by atoms with Gasteiger partial charge in [-0.15, -0.1) is 16.6 Å². The van der Waals surface area contributed by atoms with Crippen molar-refractivity contribution in [2.24, 2.45) is 0 Å². The molecule has 0 spiro atoms. The Morgan fingerprint density at radius 1 is 1.25 bits per heavy atom. The van der Waals surface area contributed by atoms with Gasteiger partial charge in [0.15, 0.2) is 5.16 Å². The van der Waals surface area contributed by atoms with Crippen molar-refractivity contribution < 1.29 is 14.4 Å². The average Bonchev–Trinajstić information content (AvgIpc) is 3.13. The summed E-state index contributed by atoms with van der Waals surface area (Å²) in [7, 11) is 0. The summed E-state index contributed by atoms with van der Waals surface area (Å²) in [6.45, 7) is 4.06. The monoisotopic (exact) mass is 516 g/mol. The lowest BCUT2D eigenvalue weighted by Gasteiger charge is -2.18. The molecule has 0 fully saturated rings. The second-order valence-electron chi connectivity index (χ2n) is 6.59. The van der Waals surface area contributed by atoms with Gasteiger partial charge in [-0.3, -0.25) is 14.7 Å². The molecule has 3 aromatic rings. The van der Waals surface area contributed by atoms with Gasteiger partial charge in [0.2, 0.25) is 6.54 Å². The second kappa shape index (κ2) is 11.0. The molecule has 8 nitrogen and oxygen atoms in total. The molecule has 0 N–H and O–H groups in total. The van der Waals surface area contributed by atoms with Gasteiger partial charge in [-0.25, -0.2) is 0 Å². The molecule has 3 rings (SSSR count). The van der Waals surface area contributed by atoms with Crippen molar-refractivity contribution >= 4 is 27.7 Å². The number of terminal acetylenes is 1. The molecule has 0 unspecified atom stereocenters. The molecule has 0 aliphatic heterocycles. The number of benzene rings is 2. The standard InChI is InChI=1S/C22H21BrN4O4S/c1-4-12-31-20-11-6-16(23)13-19(20)21(14-26(28)29)32-22-25-24-15(3)27(22)17-7-9-18(10-8-17)30-5-2/h1,6-11,13,21H,5,12,14H2,2-3H3/t21-/m0/s1.